The fourth-order valence-corrected chi connectivity index (χ4v) is 1.64. The van der Waals surface area contributed by atoms with Crippen molar-refractivity contribution in [2.24, 2.45) is 0 Å². The van der Waals surface area contributed by atoms with Gasteiger partial charge >= 0.3 is 0 Å². The number of nitro groups is 1. The Morgan fingerprint density at radius 3 is 2.62 bits per heavy atom. The molecule has 0 aliphatic carbocycles. The molecule has 0 saturated carbocycles. The number of anilines is 1. The Hall–Kier alpha value is -2.10. The highest BCUT2D eigenvalue weighted by molar-refractivity contribution is 5.56. The van der Waals surface area contributed by atoms with E-state index in [0.29, 0.717) is 6.42 Å². The Labute approximate surface area is 93.6 Å². The fraction of sp³-hybridized carbons (Fsp3) is 0.167. The lowest BCUT2D eigenvalue weighted by molar-refractivity contribution is -0.427. The summed E-state index contributed by atoms with van der Waals surface area (Å²) < 4.78 is 0. The number of hydrogen-bond donors (Lipinski definition) is 0. The zero-order chi connectivity index (χ0) is 11.5. The second-order valence-corrected chi connectivity index (χ2v) is 3.63. The summed E-state index contributed by atoms with van der Waals surface area (Å²) in [6.07, 6.45) is 3.85. The number of nitrogens with zero attached hydrogens (tertiary/aromatic N) is 2. The van der Waals surface area contributed by atoms with Gasteiger partial charge in [-0.2, -0.15) is 0 Å². The van der Waals surface area contributed by atoms with E-state index in [4.69, 9.17) is 0 Å². The van der Waals surface area contributed by atoms with E-state index in [1.807, 2.05) is 48.2 Å². The monoisotopic (exact) mass is 216 g/mol. The third-order valence-electron chi connectivity index (χ3n) is 2.53. The summed E-state index contributed by atoms with van der Waals surface area (Å²) in [5, 5.41) is 10.7. The van der Waals surface area contributed by atoms with Crippen LogP contribution < -0.4 is 4.90 Å². The van der Waals surface area contributed by atoms with E-state index in [0.717, 1.165) is 11.4 Å². The van der Waals surface area contributed by atoms with Crippen LogP contribution >= 0.6 is 0 Å². The van der Waals surface area contributed by atoms with E-state index in [1.54, 1.807) is 6.20 Å². The van der Waals surface area contributed by atoms with E-state index < -0.39 is 0 Å². The molecule has 0 unspecified atom stereocenters. The number of allylic oxidation sites excluding steroid dienone is 2. The topological polar surface area (TPSA) is 46.4 Å². The van der Waals surface area contributed by atoms with E-state index in [1.165, 1.54) is 0 Å². The van der Waals surface area contributed by atoms with Crippen molar-refractivity contribution in [1.29, 1.82) is 0 Å². The molecule has 4 heteroatoms. The van der Waals surface area contributed by atoms with E-state index >= 15 is 0 Å². The van der Waals surface area contributed by atoms with Gasteiger partial charge in [-0.3, -0.25) is 10.1 Å². The Kier molecular flexibility index (Phi) is 2.72. The van der Waals surface area contributed by atoms with Crippen molar-refractivity contribution in [3.8, 4) is 0 Å². The highest BCUT2D eigenvalue weighted by atomic mass is 16.6. The molecule has 0 spiro atoms. The van der Waals surface area contributed by atoms with Gasteiger partial charge in [-0.05, 0) is 19.1 Å². The summed E-state index contributed by atoms with van der Waals surface area (Å²) in [6.45, 7) is 1.94. The van der Waals surface area contributed by atoms with Crippen LogP contribution in [-0.4, -0.2) is 4.92 Å². The van der Waals surface area contributed by atoms with Crippen LogP contribution in [0.2, 0.25) is 0 Å². The maximum absolute atomic E-state index is 10.7. The van der Waals surface area contributed by atoms with Crippen LogP contribution in [0.4, 0.5) is 5.69 Å². The molecule has 1 heterocycles. The molecule has 0 aromatic heterocycles. The zero-order valence-corrected chi connectivity index (χ0v) is 8.96. The summed E-state index contributed by atoms with van der Waals surface area (Å²) in [7, 11) is 0. The third kappa shape index (κ3) is 1.95. The number of hydrogen-bond acceptors (Lipinski definition) is 3. The van der Waals surface area contributed by atoms with Gasteiger partial charge in [0.15, 0.2) is 0 Å². The maximum Gasteiger partial charge on any atom is 0.266 e. The van der Waals surface area contributed by atoms with Gasteiger partial charge in [-0.15, -0.1) is 0 Å². The quantitative estimate of drug-likeness (QED) is 0.564. The molecule has 2 rings (SSSR count). The molecule has 0 saturated heterocycles. The Balaban J connectivity index is 2.35. The molecule has 0 fully saturated rings. The molecule has 1 aliphatic heterocycles. The van der Waals surface area contributed by atoms with Crippen LogP contribution in [-0.2, 0) is 0 Å². The molecule has 0 bridgehead atoms. The molecule has 1 aromatic rings. The predicted octanol–water partition coefficient (Wildman–Crippen LogP) is 2.92. The van der Waals surface area contributed by atoms with Gasteiger partial charge in [0.05, 0.1) is 17.5 Å². The van der Waals surface area contributed by atoms with Crippen LogP contribution in [0.5, 0.6) is 0 Å². The smallest absolute Gasteiger partial charge is 0.266 e. The second kappa shape index (κ2) is 4.18. The van der Waals surface area contributed by atoms with Crippen LogP contribution in [0.25, 0.3) is 0 Å². The van der Waals surface area contributed by atoms with Crippen molar-refractivity contribution in [3.63, 3.8) is 0 Å². The Morgan fingerprint density at radius 1 is 1.31 bits per heavy atom. The SMILES string of the molecule is CC1=CCC([N+](=O)[O-])=CN1c1ccccc1. The first-order valence-corrected chi connectivity index (χ1v) is 5.04. The first-order valence-electron chi connectivity index (χ1n) is 5.04. The van der Waals surface area contributed by atoms with Crippen molar-refractivity contribution in [2.45, 2.75) is 13.3 Å². The molecular weight excluding hydrogens is 204 g/mol. The van der Waals surface area contributed by atoms with E-state index in [-0.39, 0.29) is 10.6 Å². The largest absolute Gasteiger partial charge is 0.315 e. The highest BCUT2D eigenvalue weighted by Crippen LogP contribution is 2.25. The van der Waals surface area contributed by atoms with Gasteiger partial charge in [0.25, 0.3) is 5.70 Å². The van der Waals surface area contributed by atoms with Crippen molar-refractivity contribution in [3.05, 3.63) is 64.1 Å². The molecule has 0 N–H and O–H groups in total. The molecule has 0 amide bonds. The molecule has 4 nitrogen and oxygen atoms in total. The number of rotatable bonds is 2. The minimum atomic E-state index is -0.334. The van der Waals surface area contributed by atoms with Crippen molar-refractivity contribution >= 4 is 5.69 Å². The van der Waals surface area contributed by atoms with Crippen molar-refractivity contribution in [1.82, 2.24) is 0 Å². The lowest BCUT2D eigenvalue weighted by Gasteiger charge is -2.23. The minimum Gasteiger partial charge on any atom is -0.315 e. The molecule has 16 heavy (non-hydrogen) atoms. The average Bonchev–Trinajstić information content (AvgIpc) is 2.30. The van der Waals surface area contributed by atoms with Crippen LogP contribution in [0.1, 0.15) is 13.3 Å². The molecule has 82 valence electrons. The molecule has 0 atom stereocenters. The first-order chi connectivity index (χ1) is 7.68. The van der Waals surface area contributed by atoms with Gasteiger partial charge in [0.1, 0.15) is 0 Å². The van der Waals surface area contributed by atoms with Gasteiger partial charge < -0.3 is 4.90 Å². The van der Waals surface area contributed by atoms with Crippen LogP contribution in [0.3, 0.4) is 0 Å². The van der Waals surface area contributed by atoms with Crippen molar-refractivity contribution < 1.29 is 4.92 Å². The lowest BCUT2D eigenvalue weighted by atomic mass is 10.2. The molecule has 0 radical (unpaired) electrons. The van der Waals surface area contributed by atoms with Gasteiger partial charge in [-0.1, -0.05) is 24.3 Å². The van der Waals surface area contributed by atoms with Crippen LogP contribution in [0.15, 0.2) is 54.0 Å². The lowest BCUT2D eigenvalue weighted by Crippen LogP contribution is -2.19. The summed E-state index contributed by atoms with van der Waals surface area (Å²) in [5.41, 5.74) is 2.17. The average molecular weight is 216 g/mol. The Bertz CT molecular complexity index is 463. The summed E-state index contributed by atoms with van der Waals surface area (Å²) in [5.74, 6) is 0. The molecule has 1 aliphatic rings. The summed E-state index contributed by atoms with van der Waals surface area (Å²) >= 11 is 0. The maximum atomic E-state index is 10.7. The fourth-order valence-electron chi connectivity index (χ4n) is 1.64. The van der Waals surface area contributed by atoms with Gasteiger partial charge in [0, 0.05) is 11.4 Å². The Morgan fingerprint density at radius 2 is 2.00 bits per heavy atom. The number of benzene rings is 1. The van der Waals surface area contributed by atoms with Gasteiger partial charge in [0.2, 0.25) is 0 Å². The minimum absolute atomic E-state index is 0.217. The number of para-hydroxylation sites is 1. The molecular formula is C12H12N2O2. The van der Waals surface area contributed by atoms with E-state index in [9.17, 15) is 10.1 Å². The summed E-state index contributed by atoms with van der Waals surface area (Å²) in [4.78, 5) is 12.2. The standard InChI is InChI=1S/C12H12N2O2/c1-10-7-8-12(14(15)16)9-13(10)11-5-3-2-4-6-11/h2-7,9H,8H2,1H3. The normalized spacial score (nSPS) is 15.4. The van der Waals surface area contributed by atoms with E-state index in [2.05, 4.69) is 0 Å². The first kappa shape index (κ1) is 10.4. The van der Waals surface area contributed by atoms with Crippen molar-refractivity contribution in [2.75, 3.05) is 4.90 Å². The highest BCUT2D eigenvalue weighted by Gasteiger charge is 2.18. The van der Waals surface area contributed by atoms with Crippen LogP contribution in [0, 0.1) is 10.1 Å². The third-order valence-corrected chi connectivity index (χ3v) is 2.53. The summed E-state index contributed by atoms with van der Waals surface area (Å²) in [6, 6.07) is 9.60. The second-order valence-electron chi connectivity index (χ2n) is 3.63. The molecule has 1 aromatic carbocycles. The zero-order valence-electron chi connectivity index (χ0n) is 8.96. The van der Waals surface area contributed by atoms with Gasteiger partial charge in [-0.25, -0.2) is 0 Å². The predicted molar refractivity (Wildman–Crippen MR) is 62.4 cm³/mol.